The van der Waals surface area contributed by atoms with Crippen molar-refractivity contribution < 1.29 is 9.47 Å². The van der Waals surface area contributed by atoms with Crippen molar-refractivity contribution in [2.24, 2.45) is 14.1 Å². The van der Waals surface area contributed by atoms with Gasteiger partial charge in [-0.25, -0.2) is 4.98 Å². The lowest BCUT2D eigenvalue weighted by molar-refractivity contribution is 0.0834. The summed E-state index contributed by atoms with van der Waals surface area (Å²) in [7, 11) is 3.62. The second-order valence-electron chi connectivity index (χ2n) is 7.56. The molecule has 0 amide bonds. The van der Waals surface area contributed by atoms with E-state index in [2.05, 4.69) is 10.1 Å². The first-order valence-corrected chi connectivity index (χ1v) is 10.0. The molecule has 4 aromatic rings. The molecule has 30 heavy (non-hydrogen) atoms. The second-order valence-corrected chi connectivity index (χ2v) is 7.56. The zero-order valence-electron chi connectivity index (χ0n) is 17.0. The second kappa shape index (κ2) is 7.46. The maximum Gasteiger partial charge on any atom is 0.279 e. The summed E-state index contributed by atoms with van der Waals surface area (Å²) in [6.45, 7) is 1.44. The van der Waals surface area contributed by atoms with E-state index in [9.17, 15) is 4.79 Å². The number of ether oxygens (including phenoxy) is 2. The lowest BCUT2D eigenvalue weighted by Gasteiger charge is -2.21. The molecule has 154 valence electrons. The molecule has 0 aliphatic carbocycles. The van der Waals surface area contributed by atoms with Crippen LogP contribution < -0.4 is 10.3 Å². The van der Waals surface area contributed by atoms with Crippen molar-refractivity contribution in [2.75, 3.05) is 13.2 Å². The Labute approximate surface area is 173 Å². The molecule has 1 aliphatic rings. The maximum absolute atomic E-state index is 12.9. The van der Waals surface area contributed by atoms with E-state index in [1.54, 1.807) is 19.4 Å². The minimum absolute atomic E-state index is 0.134. The third-order valence-electron chi connectivity index (χ3n) is 5.70. The lowest BCUT2D eigenvalue weighted by atomic mass is 10.00. The monoisotopic (exact) mass is 405 g/mol. The number of hydrogen-bond acceptors (Lipinski definition) is 5. The van der Waals surface area contributed by atoms with Gasteiger partial charge in [0.2, 0.25) is 5.88 Å². The minimum atomic E-state index is -0.134. The molecule has 0 bridgehead atoms. The van der Waals surface area contributed by atoms with Gasteiger partial charge in [-0.1, -0.05) is 0 Å². The highest BCUT2D eigenvalue weighted by Gasteiger charge is 2.22. The number of nitrogens with zero attached hydrogens (tertiary/aromatic N) is 5. The summed E-state index contributed by atoms with van der Waals surface area (Å²) in [4.78, 5) is 17.4. The molecule has 8 nitrogen and oxygen atoms in total. The van der Waals surface area contributed by atoms with E-state index in [1.807, 2.05) is 52.7 Å². The summed E-state index contributed by atoms with van der Waals surface area (Å²) in [5.41, 5.74) is 2.49. The van der Waals surface area contributed by atoms with Gasteiger partial charge in [0.15, 0.2) is 0 Å². The van der Waals surface area contributed by atoms with Crippen LogP contribution in [0.4, 0.5) is 0 Å². The standard InChI is InChI=1S/C22H23N5O3/c1-25-20(30-17-5-3-15(4-6-17)18-7-10-24-26(18)2)14-27-19(22(25)28)13-23-21(27)16-8-11-29-12-9-16/h3-7,10,13-14,16H,8-9,11-12H2,1-2H3. The van der Waals surface area contributed by atoms with Crippen molar-refractivity contribution in [1.82, 2.24) is 23.7 Å². The number of aromatic nitrogens is 5. The van der Waals surface area contributed by atoms with Crippen molar-refractivity contribution >= 4 is 5.52 Å². The zero-order valence-corrected chi connectivity index (χ0v) is 17.0. The number of benzene rings is 1. The quantitative estimate of drug-likeness (QED) is 0.521. The third-order valence-corrected chi connectivity index (χ3v) is 5.70. The van der Waals surface area contributed by atoms with Gasteiger partial charge in [0.05, 0.1) is 18.1 Å². The van der Waals surface area contributed by atoms with Gasteiger partial charge in [0.25, 0.3) is 5.56 Å². The molecule has 0 radical (unpaired) electrons. The van der Waals surface area contributed by atoms with Crippen LogP contribution in [0.3, 0.4) is 0 Å². The molecule has 8 heteroatoms. The maximum atomic E-state index is 12.9. The first kappa shape index (κ1) is 18.6. The SMILES string of the molecule is Cn1nccc1-c1ccc(Oc2cn3c(C4CCOCC4)ncc3c(=O)n2C)cc1. The average Bonchev–Trinajstić information content (AvgIpc) is 3.39. The van der Waals surface area contributed by atoms with Gasteiger partial charge in [-0.2, -0.15) is 5.10 Å². The summed E-state index contributed by atoms with van der Waals surface area (Å²) in [5.74, 6) is 2.29. The van der Waals surface area contributed by atoms with E-state index >= 15 is 0 Å². The van der Waals surface area contributed by atoms with Gasteiger partial charge < -0.3 is 9.47 Å². The Balaban J connectivity index is 1.48. The molecule has 0 N–H and O–H groups in total. The number of aryl methyl sites for hydroxylation is 1. The first-order chi connectivity index (χ1) is 14.6. The minimum Gasteiger partial charge on any atom is -0.439 e. The van der Waals surface area contributed by atoms with Crippen molar-refractivity contribution in [2.45, 2.75) is 18.8 Å². The lowest BCUT2D eigenvalue weighted by Crippen LogP contribution is -2.22. The normalized spacial score (nSPS) is 15.0. The molecule has 0 atom stereocenters. The van der Waals surface area contributed by atoms with Crippen LogP contribution in [0.25, 0.3) is 16.8 Å². The Kier molecular flexibility index (Phi) is 4.63. The van der Waals surface area contributed by atoms with E-state index in [-0.39, 0.29) is 11.5 Å². The molecule has 4 heterocycles. The number of imidazole rings is 1. The smallest absolute Gasteiger partial charge is 0.279 e. The average molecular weight is 405 g/mol. The predicted molar refractivity (Wildman–Crippen MR) is 112 cm³/mol. The van der Waals surface area contributed by atoms with Crippen molar-refractivity contribution in [3.05, 3.63) is 65.1 Å². The summed E-state index contributed by atoms with van der Waals surface area (Å²) < 4.78 is 16.8. The van der Waals surface area contributed by atoms with Crippen LogP contribution in [0, 0.1) is 0 Å². The molecule has 1 saturated heterocycles. The predicted octanol–water partition coefficient (Wildman–Crippen LogP) is 3.12. The van der Waals surface area contributed by atoms with Crippen molar-refractivity contribution in [3.63, 3.8) is 0 Å². The van der Waals surface area contributed by atoms with Gasteiger partial charge >= 0.3 is 0 Å². The number of rotatable bonds is 4. The topological polar surface area (TPSA) is 75.6 Å². The largest absolute Gasteiger partial charge is 0.439 e. The molecule has 3 aromatic heterocycles. The number of fused-ring (bicyclic) bond motifs is 1. The van der Waals surface area contributed by atoms with E-state index in [1.165, 1.54) is 4.57 Å². The van der Waals surface area contributed by atoms with Crippen molar-refractivity contribution in [3.8, 4) is 22.9 Å². The molecule has 1 aromatic carbocycles. The molecular weight excluding hydrogens is 382 g/mol. The van der Waals surface area contributed by atoms with Gasteiger partial charge in [0, 0.05) is 45.0 Å². The van der Waals surface area contributed by atoms with E-state index in [0.717, 1.165) is 43.1 Å². The van der Waals surface area contributed by atoms with Crippen LogP contribution in [0.1, 0.15) is 24.6 Å². The summed E-state index contributed by atoms with van der Waals surface area (Å²) in [6, 6.07) is 9.71. The van der Waals surface area contributed by atoms with Gasteiger partial charge in [-0.3, -0.25) is 18.4 Å². The molecule has 1 aliphatic heterocycles. The Morgan fingerprint density at radius 3 is 2.57 bits per heavy atom. The summed E-state index contributed by atoms with van der Waals surface area (Å²) in [5, 5.41) is 4.21. The Morgan fingerprint density at radius 1 is 1.10 bits per heavy atom. The van der Waals surface area contributed by atoms with Crippen LogP contribution in [0.5, 0.6) is 11.6 Å². The highest BCUT2D eigenvalue weighted by molar-refractivity contribution is 5.60. The third kappa shape index (κ3) is 3.19. The molecule has 1 fully saturated rings. The summed E-state index contributed by atoms with van der Waals surface area (Å²) >= 11 is 0. The fourth-order valence-electron chi connectivity index (χ4n) is 3.96. The Morgan fingerprint density at radius 2 is 1.87 bits per heavy atom. The molecule has 0 saturated carbocycles. The fourth-order valence-corrected chi connectivity index (χ4v) is 3.96. The van der Waals surface area contributed by atoms with E-state index in [0.29, 0.717) is 17.1 Å². The molecule has 5 rings (SSSR count). The fraction of sp³-hybridized carbons (Fsp3) is 0.318. The van der Waals surface area contributed by atoms with Gasteiger partial charge in [-0.15, -0.1) is 0 Å². The van der Waals surface area contributed by atoms with Crippen LogP contribution in [-0.4, -0.2) is 36.9 Å². The van der Waals surface area contributed by atoms with Gasteiger partial charge in [-0.05, 0) is 43.2 Å². The Bertz CT molecular complexity index is 1250. The van der Waals surface area contributed by atoms with Crippen LogP contribution in [0.15, 0.2) is 53.7 Å². The van der Waals surface area contributed by atoms with Crippen molar-refractivity contribution in [1.29, 1.82) is 0 Å². The van der Waals surface area contributed by atoms with Crippen LogP contribution in [0.2, 0.25) is 0 Å². The first-order valence-electron chi connectivity index (χ1n) is 10.0. The highest BCUT2D eigenvalue weighted by Crippen LogP contribution is 2.28. The van der Waals surface area contributed by atoms with Gasteiger partial charge in [0.1, 0.15) is 17.1 Å². The van der Waals surface area contributed by atoms with Crippen LogP contribution >= 0.6 is 0 Å². The summed E-state index contributed by atoms with van der Waals surface area (Å²) in [6.07, 6.45) is 7.08. The highest BCUT2D eigenvalue weighted by atomic mass is 16.5. The number of hydrogen-bond donors (Lipinski definition) is 0. The molecule has 0 unspecified atom stereocenters. The van der Waals surface area contributed by atoms with E-state index < -0.39 is 0 Å². The Hall–Kier alpha value is -3.39. The van der Waals surface area contributed by atoms with E-state index in [4.69, 9.17) is 9.47 Å². The zero-order chi connectivity index (χ0) is 20.7. The van der Waals surface area contributed by atoms with Crippen LogP contribution in [-0.2, 0) is 18.8 Å². The molecule has 0 spiro atoms. The molecular formula is C22H23N5O3.